The van der Waals surface area contributed by atoms with Crippen LogP contribution in [0.5, 0.6) is 0 Å². The number of hydrogen-bond acceptors (Lipinski definition) is 11. The van der Waals surface area contributed by atoms with Crippen molar-refractivity contribution >= 4 is 11.9 Å². The molecule has 7 atom stereocenters. The lowest BCUT2D eigenvalue weighted by Gasteiger charge is -2.32. The Morgan fingerprint density at radius 2 is 1.77 bits per heavy atom. The lowest BCUT2D eigenvalue weighted by molar-refractivity contribution is -0.224. The number of aromatic nitrogens is 2. The van der Waals surface area contributed by atoms with Crippen molar-refractivity contribution in [3.8, 4) is 0 Å². The quantitative estimate of drug-likeness (QED) is 0.392. The van der Waals surface area contributed by atoms with Crippen LogP contribution in [-0.4, -0.2) is 77.3 Å². The molecule has 0 unspecified atom stereocenters. The zero-order valence-electron chi connectivity index (χ0n) is 19.7. The first-order valence-electron chi connectivity index (χ1n) is 11.1. The number of carbonyl (C=O) groups is 2. The van der Waals surface area contributed by atoms with Crippen LogP contribution in [0.15, 0.2) is 34.0 Å². The molecule has 0 spiro atoms. The van der Waals surface area contributed by atoms with Gasteiger partial charge in [0.1, 0.15) is 37.1 Å². The number of ether oxygens (including phenoxy) is 7. The molecule has 0 saturated carbocycles. The van der Waals surface area contributed by atoms with Crippen molar-refractivity contribution in [2.24, 2.45) is 0 Å². The van der Waals surface area contributed by atoms with E-state index in [4.69, 9.17) is 33.2 Å². The fourth-order valence-electron chi connectivity index (χ4n) is 4.19. The molecule has 3 aliphatic heterocycles. The lowest BCUT2D eigenvalue weighted by Crippen LogP contribution is -2.43. The van der Waals surface area contributed by atoms with E-state index in [1.807, 2.05) is 0 Å². The molecular weight excluding hydrogens is 468 g/mol. The molecule has 0 bridgehead atoms. The lowest BCUT2D eigenvalue weighted by atomic mass is 10.1. The fraction of sp³-hybridized carbons (Fsp3) is 0.636. The van der Waals surface area contributed by atoms with Gasteiger partial charge in [0, 0.05) is 26.1 Å². The molecular formula is C22H28N2O11. The number of nitrogens with one attached hydrogen (secondary N) is 1. The number of hydrogen-bond donors (Lipinski definition) is 1. The van der Waals surface area contributed by atoms with E-state index in [1.165, 1.54) is 30.7 Å². The maximum atomic E-state index is 12.3. The van der Waals surface area contributed by atoms with E-state index < -0.39 is 72.0 Å². The summed E-state index contributed by atoms with van der Waals surface area (Å²) >= 11 is 0. The average Bonchev–Trinajstić information content (AvgIpc) is 3.24. The minimum absolute atomic E-state index is 0.00271. The van der Waals surface area contributed by atoms with E-state index in [-0.39, 0.29) is 13.2 Å². The summed E-state index contributed by atoms with van der Waals surface area (Å²) in [6.45, 7) is 5.89. The molecule has 4 heterocycles. The van der Waals surface area contributed by atoms with E-state index >= 15 is 0 Å². The largest absolute Gasteiger partial charge is 0.463 e. The zero-order valence-corrected chi connectivity index (χ0v) is 19.7. The third kappa shape index (κ3) is 5.87. The van der Waals surface area contributed by atoms with Gasteiger partial charge in [-0.1, -0.05) is 0 Å². The van der Waals surface area contributed by atoms with Gasteiger partial charge in [0.15, 0.2) is 18.3 Å². The molecule has 2 saturated heterocycles. The molecule has 0 aliphatic carbocycles. The Balaban J connectivity index is 1.45. The third-order valence-corrected chi connectivity index (χ3v) is 5.56. The predicted octanol–water partition coefficient (Wildman–Crippen LogP) is -0.253. The van der Waals surface area contributed by atoms with Crippen LogP contribution in [-0.2, 0) is 42.7 Å². The molecule has 35 heavy (non-hydrogen) atoms. The average molecular weight is 496 g/mol. The van der Waals surface area contributed by atoms with Crippen LogP contribution in [0.25, 0.3) is 0 Å². The van der Waals surface area contributed by atoms with Crippen molar-refractivity contribution in [1.82, 2.24) is 9.55 Å². The van der Waals surface area contributed by atoms with E-state index in [2.05, 4.69) is 4.98 Å². The Hall–Kier alpha value is -2.84. The second kappa shape index (κ2) is 10.0. The molecule has 1 N–H and O–H groups in total. The van der Waals surface area contributed by atoms with Gasteiger partial charge in [-0.15, -0.1) is 0 Å². The van der Waals surface area contributed by atoms with Gasteiger partial charge in [0.2, 0.25) is 0 Å². The number of nitrogens with zero attached hydrogens (tertiary/aromatic N) is 1. The number of rotatable bonds is 7. The van der Waals surface area contributed by atoms with Crippen LogP contribution in [0.4, 0.5) is 0 Å². The summed E-state index contributed by atoms with van der Waals surface area (Å²) in [6.07, 6.45) is -0.546. The molecule has 0 radical (unpaired) electrons. The van der Waals surface area contributed by atoms with E-state index in [1.54, 1.807) is 26.0 Å². The summed E-state index contributed by atoms with van der Waals surface area (Å²) in [5, 5.41) is 0. The van der Waals surface area contributed by atoms with E-state index in [9.17, 15) is 19.2 Å². The van der Waals surface area contributed by atoms with Crippen molar-refractivity contribution in [3.05, 3.63) is 45.3 Å². The number of carbonyl (C=O) groups excluding carboxylic acids is 2. The van der Waals surface area contributed by atoms with Crippen LogP contribution in [0.2, 0.25) is 0 Å². The predicted molar refractivity (Wildman–Crippen MR) is 115 cm³/mol. The maximum Gasteiger partial charge on any atom is 0.330 e. The summed E-state index contributed by atoms with van der Waals surface area (Å²) in [4.78, 5) is 48.6. The standard InChI is InChI=1S/C22H28N2O11/c1-11(25)29-9-14-13(31-12(2)26)5-6-17(32-14)30-10-15-18-19(35-22(3,4)34-18)20(33-15)24-8-7-16(27)23-21(24)28/h5-8,13-15,17-20H,9-10H2,1-4H3,(H,23,27,28)/t13-,14-,15-,17+,18-,19-,20-/m1/s1. The van der Waals surface area contributed by atoms with Gasteiger partial charge in [0.25, 0.3) is 5.56 Å². The Morgan fingerprint density at radius 3 is 2.46 bits per heavy atom. The Morgan fingerprint density at radius 1 is 1.03 bits per heavy atom. The number of esters is 2. The molecule has 0 amide bonds. The van der Waals surface area contributed by atoms with Crippen molar-refractivity contribution in [3.63, 3.8) is 0 Å². The van der Waals surface area contributed by atoms with Gasteiger partial charge in [-0.3, -0.25) is 23.9 Å². The topological polar surface area (TPSA) is 154 Å². The second-order valence-electron chi connectivity index (χ2n) is 8.79. The molecule has 4 rings (SSSR count). The molecule has 1 aromatic heterocycles. The summed E-state index contributed by atoms with van der Waals surface area (Å²) in [5.41, 5.74) is -1.17. The molecule has 3 aliphatic rings. The highest BCUT2D eigenvalue weighted by molar-refractivity contribution is 5.66. The Kier molecular flexibility index (Phi) is 7.24. The maximum absolute atomic E-state index is 12.3. The van der Waals surface area contributed by atoms with Gasteiger partial charge in [-0.2, -0.15) is 0 Å². The highest BCUT2D eigenvalue weighted by atomic mass is 16.8. The first kappa shape index (κ1) is 25.3. The third-order valence-electron chi connectivity index (χ3n) is 5.56. The summed E-state index contributed by atoms with van der Waals surface area (Å²) in [5.74, 6) is -1.93. The summed E-state index contributed by atoms with van der Waals surface area (Å²) in [6, 6.07) is 1.22. The smallest absolute Gasteiger partial charge is 0.330 e. The van der Waals surface area contributed by atoms with Crippen LogP contribution in [0, 0.1) is 0 Å². The van der Waals surface area contributed by atoms with Gasteiger partial charge >= 0.3 is 17.6 Å². The van der Waals surface area contributed by atoms with Crippen molar-refractivity contribution in [1.29, 1.82) is 0 Å². The minimum Gasteiger partial charge on any atom is -0.463 e. The van der Waals surface area contributed by atoms with Gasteiger partial charge in [-0.05, 0) is 26.0 Å². The van der Waals surface area contributed by atoms with E-state index in [0.717, 1.165) is 0 Å². The zero-order chi connectivity index (χ0) is 25.3. The molecule has 2 fully saturated rings. The molecule has 13 nitrogen and oxygen atoms in total. The van der Waals surface area contributed by atoms with Crippen molar-refractivity contribution < 1.29 is 42.7 Å². The highest BCUT2D eigenvalue weighted by Gasteiger charge is 2.56. The summed E-state index contributed by atoms with van der Waals surface area (Å²) < 4.78 is 41.2. The van der Waals surface area contributed by atoms with Crippen LogP contribution in [0.1, 0.15) is 33.9 Å². The monoisotopic (exact) mass is 496 g/mol. The molecule has 0 aromatic carbocycles. The first-order chi connectivity index (χ1) is 16.5. The fourth-order valence-corrected chi connectivity index (χ4v) is 4.19. The van der Waals surface area contributed by atoms with Gasteiger partial charge in [-0.25, -0.2) is 4.79 Å². The van der Waals surface area contributed by atoms with Gasteiger partial charge < -0.3 is 33.2 Å². The van der Waals surface area contributed by atoms with E-state index in [0.29, 0.717) is 0 Å². The summed E-state index contributed by atoms with van der Waals surface area (Å²) in [7, 11) is 0. The van der Waals surface area contributed by atoms with Gasteiger partial charge in [0.05, 0.1) is 6.61 Å². The van der Waals surface area contributed by atoms with Crippen LogP contribution < -0.4 is 11.2 Å². The van der Waals surface area contributed by atoms with Crippen LogP contribution in [0.3, 0.4) is 0 Å². The Labute approximate surface area is 199 Å². The van der Waals surface area contributed by atoms with Crippen molar-refractivity contribution in [2.45, 2.75) is 76.5 Å². The SMILES string of the molecule is CC(=O)OC[C@H]1O[C@H](OC[C@H]2O[C@@H](n3ccc(=O)[nH]c3=O)[C@@H]3OC(C)(C)O[C@@H]32)C=C[C@H]1OC(C)=O. The second-order valence-corrected chi connectivity index (χ2v) is 8.79. The minimum atomic E-state index is -0.922. The highest BCUT2D eigenvalue weighted by Crippen LogP contribution is 2.42. The van der Waals surface area contributed by atoms with Crippen LogP contribution >= 0.6 is 0 Å². The van der Waals surface area contributed by atoms with Crippen molar-refractivity contribution in [2.75, 3.05) is 13.2 Å². The first-order valence-corrected chi connectivity index (χ1v) is 11.1. The Bertz CT molecular complexity index is 1090. The molecule has 1 aromatic rings. The molecule has 192 valence electrons. The number of aromatic amines is 1. The molecule has 13 heteroatoms. The number of fused-ring (bicyclic) bond motifs is 1. The normalized spacial score (nSPS) is 33.3. The number of H-pyrrole nitrogens is 1.